The summed E-state index contributed by atoms with van der Waals surface area (Å²) in [5, 5.41) is 11.4. The Morgan fingerprint density at radius 2 is 2.24 bits per heavy atom. The lowest BCUT2D eigenvalue weighted by Crippen LogP contribution is -2.41. The second-order valence-electron chi connectivity index (χ2n) is 4.31. The summed E-state index contributed by atoms with van der Waals surface area (Å²) in [6.45, 7) is 3.82. The second kappa shape index (κ2) is 8.04. The molecule has 1 aliphatic rings. The Kier molecular flexibility index (Phi) is 6.60. The molecule has 96 valence electrons. The molecule has 1 rings (SSSR count). The molecule has 0 aromatic carbocycles. The zero-order valence-electron chi connectivity index (χ0n) is 10.4. The largest absolute Gasteiger partial charge is 0.383 e. The molecule has 1 aliphatic heterocycles. The van der Waals surface area contributed by atoms with Crippen molar-refractivity contribution in [1.82, 2.24) is 10.2 Å². The molecule has 1 N–H and O–H groups in total. The molecule has 0 aliphatic carbocycles. The maximum Gasteiger partial charge on any atom is 0.223 e. The van der Waals surface area contributed by atoms with Crippen LogP contribution in [-0.4, -0.2) is 50.7 Å². The molecule has 1 amide bonds. The number of carbonyl (C=O) groups is 1. The number of piperidine rings is 1. The van der Waals surface area contributed by atoms with Crippen LogP contribution in [0, 0.1) is 17.2 Å². The van der Waals surface area contributed by atoms with Gasteiger partial charge in [-0.3, -0.25) is 4.79 Å². The van der Waals surface area contributed by atoms with E-state index in [-0.39, 0.29) is 11.8 Å². The van der Waals surface area contributed by atoms with Gasteiger partial charge in [0.1, 0.15) is 0 Å². The number of carbonyl (C=O) groups excluding carboxylic acids is 1. The van der Waals surface area contributed by atoms with Crippen molar-refractivity contribution < 1.29 is 9.53 Å². The van der Waals surface area contributed by atoms with Gasteiger partial charge in [-0.1, -0.05) is 0 Å². The molecule has 5 heteroatoms. The SMILES string of the molecule is COCCNC(=O)C1CCN(CCC#N)CC1. The number of nitrogens with one attached hydrogen (secondary N) is 1. The third-order valence-electron chi connectivity index (χ3n) is 3.10. The van der Waals surface area contributed by atoms with Crippen molar-refractivity contribution >= 4 is 5.91 Å². The highest BCUT2D eigenvalue weighted by Crippen LogP contribution is 2.17. The summed E-state index contributed by atoms with van der Waals surface area (Å²) in [5.74, 6) is 0.271. The molecular weight excluding hydrogens is 218 g/mol. The molecule has 0 spiro atoms. The highest BCUT2D eigenvalue weighted by atomic mass is 16.5. The first-order valence-electron chi connectivity index (χ1n) is 6.14. The van der Waals surface area contributed by atoms with Gasteiger partial charge in [0.2, 0.25) is 5.91 Å². The van der Waals surface area contributed by atoms with Gasteiger partial charge in [-0.2, -0.15) is 5.26 Å². The predicted molar refractivity (Wildman–Crippen MR) is 64.3 cm³/mol. The van der Waals surface area contributed by atoms with E-state index in [1.807, 2.05) is 0 Å². The number of amides is 1. The van der Waals surface area contributed by atoms with E-state index in [0.717, 1.165) is 32.5 Å². The van der Waals surface area contributed by atoms with Gasteiger partial charge < -0.3 is 15.0 Å². The van der Waals surface area contributed by atoms with E-state index < -0.39 is 0 Å². The van der Waals surface area contributed by atoms with Gasteiger partial charge >= 0.3 is 0 Å². The van der Waals surface area contributed by atoms with Crippen LogP contribution >= 0.6 is 0 Å². The fraction of sp³-hybridized carbons (Fsp3) is 0.833. The summed E-state index contributed by atoms with van der Waals surface area (Å²) in [5.41, 5.74) is 0. The number of ether oxygens (including phenoxy) is 1. The van der Waals surface area contributed by atoms with Crippen molar-refractivity contribution in [2.45, 2.75) is 19.3 Å². The summed E-state index contributed by atoms with van der Waals surface area (Å²) in [7, 11) is 1.62. The molecular formula is C12H21N3O2. The van der Waals surface area contributed by atoms with Crippen molar-refractivity contribution in [3.63, 3.8) is 0 Å². The first-order chi connectivity index (χ1) is 8.27. The van der Waals surface area contributed by atoms with Crippen LogP contribution in [-0.2, 0) is 9.53 Å². The average Bonchev–Trinajstić information content (AvgIpc) is 2.37. The first kappa shape index (κ1) is 13.9. The summed E-state index contributed by atoms with van der Waals surface area (Å²) < 4.78 is 4.89. The molecule has 1 fully saturated rings. The van der Waals surface area contributed by atoms with E-state index in [1.165, 1.54) is 0 Å². The second-order valence-corrected chi connectivity index (χ2v) is 4.31. The lowest BCUT2D eigenvalue weighted by atomic mass is 9.96. The van der Waals surface area contributed by atoms with E-state index in [0.29, 0.717) is 19.6 Å². The van der Waals surface area contributed by atoms with Crippen LogP contribution in [0.4, 0.5) is 0 Å². The van der Waals surface area contributed by atoms with E-state index in [4.69, 9.17) is 10.00 Å². The van der Waals surface area contributed by atoms with Crippen molar-refractivity contribution in [3.05, 3.63) is 0 Å². The number of rotatable bonds is 6. The third kappa shape index (κ3) is 5.16. The van der Waals surface area contributed by atoms with Gasteiger partial charge in [-0.15, -0.1) is 0 Å². The van der Waals surface area contributed by atoms with Gasteiger partial charge in [0.05, 0.1) is 12.7 Å². The number of methoxy groups -OCH3 is 1. The Morgan fingerprint density at radius 1 is 1.53 bits per heavy atom. The van der Waals surface area contributed by atoms with Crippen molar-refractivity contribution in [2.75, 3.05) is 39.9 Å². The van der Waals surface area contributed by atoms with Crippen molar-refractivity contribution in [1.29, 1.82) is 5.26 Å². The summed E-state index contributed by atoms with van der Waals surface area (Å²) in [6, 6.07) is 2.15. The minimum Gasteiger partial charge on any atom is -0.383 e. The first-order valence-corrected chi connectivity index (χ1v) is 6.14. The van der Waals surface area contributed by atoms with Gasteiger partial charge in [0.25, 0.3) is 0 Å². The predicted octanol–water partition coefficient (Wildman–Crippen LogP) is 0.375. The molecule has 1 saturated heterocycles. The lowest BCUT2D eigenvalue weighted by Gasteiger charge is -2.30. The van der Waals surface area contributed by atoms with Gasteiger partial charge in [0, 0.05) is 32.5 Å². The van der Waals surface area contributed by atoms with Gasteiger partial charge in [-0.05, 0) is 25.9 Å². The lowest BCUT2D eigenvalue weighted by molar-refractivity contribution is -0.126. The monoisotopic (exact) mass is 239 g/mol. The van der Waals surface area contributed by atoms with Crippen molar-refractivity contribution in [2.24, 2.45) is 5.92 Å². The maximum absolute atomic E-state index is 11.8. The molecule has 0 aromatic heterocycles. The highest BCUT2D eigenvalue weighted by molar-refractivity contribution is 5.78. The van der Waals surface area contributed by atoms with Crippen LogP contribution < -0.4 is 5.32 Å². The van der Waals surface area contributed by atoms with E-state index in [9.17, 15) is 4.79 Å². The molecule has 0 aromatic rings. The van der Waals surface area contributed by atoms with E-state index in [2.05, 4.69) is 16.3 Å². The van der Waals surface area contributed by atoms with Crippen molar-refractivity contribution in [3.8, 4) is 6.07 Å². The van der Waals surface area contributed by atoms with E-state index >= 15 is 0 Å². The third-order valence-corrected chi connectivity index (χ3v) is 3.10. The molecule has 0 saturated carbocycles. The Labute approximate surface area is 103 Å². The molecule has 0 radical (unpaired) electrons. The summed E-state index contributed by atoms with van der Waals surface area (Å²) >= 11 is 0. The highest BCUT2D eigenvalue weighted by Gasteiger charge is 2.24. The number of nitrogens with zero attached hydrogens (tertiary/aromatic N) is 2. The van der Waals surface area contributed by atoms with Crippen LogP contribution in [0.5, 0.6) is 0 Å². The standard InChI is InChI=1S/C12H21N3O2/c1-17-10-6-14-12(16)11-3-8-15(9-4-11)7-2-5-13/h11H,2-4,6-10H2,1H3,(H,14,16). The van der Waals surface area contributed by atoms with Crippen LogP contribution in [0.3, 0.4) is 0 Å². The smallest absolute Gasteiger partial charge is 0.223 e. The fourth-order valence-electron chi connectivity index (χ4n) is 2.05. The zero-order chi connectivity index (χ0) is 12.5. The average molecular weight is 239 g/mol. The summed E-state index contributed by atoms with van der Waals surface area (Å²) in [6.07, 6.45) is 2.36. The fourth-order valence-corrected chi connectivity index (χ4v) is 2.05. The van der Waals surface area contributed by atoms with Crippen LogP contribution in [0.15, 0.2) is 0 Å². The molecule has 5 nitrogen and oxygen atoms in total. The van der Waals surface area contributed by atoms with E-state index in [1.54, 1.807) is 7.11 Å². The van der Waals surface area contributed by atoms with Gasteiger partial charge in [0.15, 0.2) is 0 Å². The molecule has 0 unspecified atom stereocenters. The number of hydrogen-bond acceptors (Lipinski definition) is 4. The normalized spacial score (nSPS) is 17.6. The minimum absolute atomic E-state index is 0.130. The van der Waals surface area contributed by atoms with Crippen LogP contribution in [0.25, 0.3) is 0 Å². The number of likely N-dealkylation sites (tertiary alicyclic amines) is 1. The molecule has 17 heavy (non-hydrogen) atoms. The van der Waals surface area contributed by atoms with Crippen LogP contribution in [0.1, 0.15) is 19.3 Å². The quantitative estimate of drug-likeness (QED) is 0.680. The summed E-state index contributed by atoms with van der Waals surface area (Å²) in [4.78, 5) is 14.0. The Bertz CT molecular complexity index is 267. The Hall–Kier alpha value is -1.12. The zero-order valence-corrected chi connectivity index (χ0v) is 10.4. The molecule has 0 bridgehead atoms. The molecule has 1 heterocycles. The number of hydrogen-bond donors (Lipinski definition) is 1. The van der Waals surface area contributed by atoms with Gasteiger partial charge in [-0.25, -0.2) is 0 Å². The molecule has 0 atom stereocenters. The Morgan fingerprint density at radius 3 is 2.82 bits per heavy atom. The Balaban J connectivity index is 2.17. The minimum atomic E-state index is 0.130. The number of nitriles is 1. The van der Waals surface area contributed by atoms with Crippen LogP contribution in [0.2, 0.25) is 0 Å². The maximum atomic E-state index is 11.8. The topological polar surface area (TPSA) is 65.4 Å².